The monoisotopic (exact) mass is 329 g/mol. The molecule has 0 fully saturated rings. The zero-order valence-corrected chi connectivity index (χ0v) is 13.8. The summed E-state index contributed by atoms with van der Waals surface area (Å²) >= 11 is 0. The van der Waals surface area contributed by atoms with E-state index in [2.05, 4.69) is 5.32 Å². The van der Waals surface area contributed by atoms with Gasteiger partial charge in [-0.15, -0.1) is 0 Å². The molecule has 2 rings (SSSR count). The van der Waals surface area contributed by atoms with Crippen LogP contribution < -0.4 is 10.1 Å². The molecule has 0 aliphatic rings. The third-order valence-electron chi connectivity index (χ3n) is 3.64. The number of rotatable bonds is 6. The first kappa shape index (κ1) is 17.3. The van der Waals surface area contributed by atoms with Crippen molar-refractivity contribution in [3.8, 4) is 5.75 Å². The van der Waals surface area contributed by atoms with Crippen molar-refractivity contribution in [3.63, 3.8) is 0 Å². The van der Waals surface area contributed by atoms with E-state index >= 15 is 0 Å². The Balaban J connectivity index is 2.17. The summed E-state index contributed by atoms with van der Waals surface area (Å²) in [6.07, 6.45) is 0. The van der Waals surface area contributed by atoms with Gasteiger partial charge in [0.1, 0.15) is 11.4 Å². The van der Waals surface area contributed by atoms with Crippen molar-refractivity contribution in [1.29, 1.82) is 0 Å². The highest BCUT2D eigenvalue weighted by Gasteiger charge is 2.19. The minimum atomic E-state index is -0.508. The van der Waals surface area contributed by atoms with Gasteiger partial charge in [-0.1, -0.05) is 12.1 Å². The van der Waals surface area contributed by atoms with E-state index in [0.29, 0.717) is 12.2 Å². The second-order valence-electron chi connectivity index (χ2n) is 5.25. The number of nitro benzene ring substituents is 1. The lowest BCUT2D eigenvalue weighted by atomic mass is 10.1. The molecule has 0 saturated carbocycles. The van der Waals surface area contributed by atoms with Crippen molar-refractivity contribution < 1.29 is 14.5 Å². The Labute approximate surface area is 140 Å². The van der Waals surface area contributed by atoms with Crippen molar-refractivity contribution in [2.45, 2.75) is 6.54 Å². The Bertz CT molecular complexity index is 744. The van der Waals surface area contributed by atoms with E-state index in [4.69, 9.17) is 4.74 Å². The number of carbonyl (C=O) groups excluding carboxylic acids is 1. The van der Waals surface area contributed by atoms with Crippen LogP contribution in [-0.2, 0) is 6.54 Å². The van der Waals surface area contributed by atoms with Crippen LogP contribution in [-0.4, -0.2) is 36.9 Å². The molecule has 0 aliphatic carbocycles. The van der Waals surface area contributed by atoms with Gasteiger partial charge in [-0.25, -0.2) is 0 Å². The Morgan fingerprint density at radius 2 is 1.92 bits per heavy atom. The average molecular weight is 329 g/mol. The van der Waals surface area contributed by atoms with Gasteiger partial charge in [0.25, 0.3) is 11.6 Å². The van der Waals surface area contributed by atoms with E-state index < -0.39 is 4.92 Å². The topological polar surface area (TPSA) is 84.7 Å². The van der Waals surface area contributed by atoms with Gasteiger partial charge >= 0.3 is 0 Å². The molecule has 0 bridgehead atoms. The lowest BCUT2D eigenvalue weighted by Crippen LogP contribution is -2.26. The first-order valence-electron chi connectivity index (χ1n) is 7.31. The third-order valence-corrected chi connectivity index (χ3v) is 3.64. The second-order valence-corrected chi connectivity index (χ2v) is 5.25. The SMILES string of the molecule is CNc1ccc(C(=O)N(C)Cc2ccc(OC)cc2)cc1[N+](=O)[O-]. The van der Waals surface area contributed by atoms with E-state index in [1.807, 2.05) is 24.3 Å². The molecule has 0 radical (unpaired) electrons. The van der Waals surface area contributed by atoms with Gasteiger partial charge in [0.15, 0.2) is 0 Å². The third kappa shape index (κ3) is 3.81. The number of anilines is 1. The molecule has 0 aromatic heterocycles. The fourth-order valence-electron chi connectivity index (χ4n) is 2.32. The summed E-state index contributed by atoms with van der Waals surface area (Å²) in [6, 6.07) is 11.8. The number of ether oxygens (including phenoxy) is 1. The van der Waals surface area contributed by atoms with E-state index in [1.165, 1.54) is 17.0 Å². The molecule has 1 N–H and O–H groups in total. The highest BCUT2D eigenvalue weighted by molar-refractivity contribution is 5.95. The van der Waals surface area contributed by atoms with Crippen LogP contribution in [0.15, 0.2) is 42.5 Å². The Kier molecular flexibility index (Phi) is 5.36. The molecule has 2 aromatic rings. The molecule has 7 nitrogen and oxygen atoms in total. The maximum atomic E-state index is 12.5. The Morgan fingerprint density at radius 1 is 1.25 bits per heavy atom. The fourth-order valence-corrected chi connectivity index (χ4v) is 2.32. The lowest BCUT2D eigenvalue weighted by molar-refractivity contribution is -0.384. The fraction of sp³-hybridized carbons (Fsp3) is 0.235. The van der Waals surface area contributed by atoms with Gasteiger partial charge < -0.3 is 15.0 Å². The molecule has 7 heteroatoms. The van der Waals surface area contributed by atoms with Crippen LogP contribution in [0.2, 0.25) is 0 Å². The molecular formula is C17H19N3O4. The summed E-state index contributed by atoms with van der Waals surface area (Å²) in [5.41, 5.74) is 1.46. The Morgan fingerprint density at radius 3 is 2.46 bits per heavy atom. The normalized spacial score (nSPS) is 10.1. The summed E-state index contributed by atoms with van der Waals surface area (Å²) in [5.74, 6) is 0.461. The first-order chi connectivity index (χ1) is 11.5. The van der Waals surface area contributed by atoms with E-state index in [-0.39, 0.29) is 17.2 Å². The van der Waals surface area contributed by atoms with Crippen LogP contribution in [0.1, 0.15) is 15.9 Å². The number of nitrogens with zero attached hydrogens (tertiary/aromatic N) is 2. The average Bonchev–Trinajstić information content (AvgIpc) is 2.61. The van der Waals surface area contributed by atoms with Crippen molar-refractivity contribution in [2.24, 2.45) is 0 Å². The van der Waals surface area contributed by atoms with Crippen LogP contribution >= 0.6 is 0 Å². The molecule has 0 aliphatic heterocycles. The number of nitro groups is 1. The van der Waals surface area contributed by atoms with Crippen LogP contribution in [0.3, 0.4) is 0 Å². The van der Waals surface area contributed by atoms with Crippen LogP contribution in [0.4, 0.5) is 11.4 Å². The summed E-state index contributed by atoms with van der Waals surface area (Å²) in [5, 5.41) is 13.9. The smallest absolute Gasteiger partial charge is 0.293 e. The summed E-state index contributed by atoms with van der Waals surface area (Å²) < 4.78 is 5.10. The van der Waals surface area contributed by atoms with Crippen LogP contribution in [0.25, 0.3) is 0 Å². The van der Waals surface area contributed by atoms with Crippen LogP contribution in [0, 0.1) is 10.1 Å². The molecule has 0 saturated heterocycles. The summed E-state index contributed by atoms with van der Waals surface area (Å²) in [7, 11) is 4.84. The van der Waals surface area contributed by atoms with Gasteiger partial charge in [0.2, 0.25) is 0 Å². The highest BCUT2D eigenvalue weighted by atomic mass is 16.6. The van der Waals surface area contributed by atoms with E-state index in [0.717, 1.165) is 11.3 Å². The summed E-state index contributed by atoms with van der Waals surface area (Å²) in [6.45, 7) is 0.393. The van der Waals surface area contributed by atoms with Gasteiger partial charge in [0.05, 0.1) is 12.0 Å². The molecular weight excluding hydrogens is 310 g/mol. The quantitative estimate of drug-likeness (QED) is 0.650. The molecule has 0 atom stereocenters. The zero-order valence-electron chi connectivity index (χ0n) is 13.8. The van der Waals surface area contributed by atoms with Gasteiger partial charge in [-0.05, 0) is 29.8 Å². The van der Waals surface area contributed by atoms with Gasteiger partial charge in [-0.3, -0.25) is 14.9 Å². The molecule has 0 heterocycles. The van der Waals surface area contributed by atoms with Gasteiger partial charge in [0, 0.05) is 32.3 Å². The number of methoxy groups -OCH3 is 1. The number of hydrogen-bond acceptors (Lipinski definition) is 5. The molecule has 24 heavy (non-hydrogen) atoms. The Hall–Kier alpha value is -3.09. The van der Waals surface area contributed by atoms with Crippen molar-refractivity contribution in [3.05, 3.63) is 63.7 Å². The molecule has 2 aromatic carbocycles. The minimum absolute atomic E-state index is 0.124. The van der Waals surface area contributed by atoms with Crippen molar-refractivity contribution >= 4 is 17.3 Å². The van der Waals surface area contributed by atoms with Gasteiger partial charge in [-0.2, -0.15) is 0 Å². The summed E-state index contributed by atoms with van der Waals surface area (Å²) in [4.78, 5) is 24.6. The van der Waals surface area contributed by atoms with Crippen LogP contribution in [0.5, 0.6) is 5.75 Å². The molecule has 0 spiro atoms. The minimum Gasteiger partial charge on any atom is -0.497 e. The lowest BCUT2D eigenvalue weighted by Gasteiger charge is -2.18. The number of benzene rings is 2. The molecule has 1 amide bonds. The van der Waals surface area contributed by atoms with Crippen molar-refractivity contribution in [2.75, 3.05) is 26.5 Å². The maximum absolute atomic E-state index is 12.5. The highest BCUT2D eigenvalue weighted by Crippen LogP contribution is 2.25. The molecule has 126 valence electrons. The standard InChI is InChI=1S/C17H19N3O4/c1-18-15-9-6-13(10-16(15)20(22)23)17(21)19(2)11-12-4-7-14(24-3)8-5-12/h4-10,18H,11H2,1-3H3. The van der Waals surface area contributed by atoms with Crippen molar-refractivity contribution in [1.82, 2.24) is 4.90 Å². The number of carbonyl (C=O) groups is 1. The maximum Gasteiger partial charge on any atom is 0.293 e. The van der Waals surface area contributed by atoms with E-state index in [9.17, 15) is 14.9 Å². The number of hydrogen-bond donors (Lipinski definition) is 1. The predicted octanol–water partition coefficient (Wildman–Crippen LogP) is 2.92. The second kappa shape index (κ2) is 7.45. The molecule has 0 unspecified atom stereocenters. The largest absolute Gasteiger partial charge is 0.497 e. The number of nitrogens with one attached hydrogen (secondary N) is 1. The number of amides is 1. The van der Waals surface area contributed by atoms with E-state index in [1.54, 1.807) is 27.3 Å². The predicted molar refractivity (Wildman–Crippen MR) is 91.4 cm³/mol. The zero-order chi connectivity index (χ0) is 17.7. The first-order valence-corrected chi connectivity index (χ1v) is 7.31.